The Morgan fingerprint density at radius 1 is 0.933 bits per heavy atom. The number of anilines is 2. The van der Waals surface area contributed by atoms with E-state index < -0.39 is 5.25 Å². The van der Waals surface area contributed by atoms with Gasteiger partial charge in [-0.05, 0) is 72.0 Å². The number of rotatable bonds is 6. The average Bonchev–Trinajstić information content (AvgIpc) is 3.11. The number of carbonyl (C=O) groups excluding carboxylic acids is 2. The lowest BCUT2D eigenvalue weighted by molar-refractivity contribution is -0.115. The first-order valence-electron chi connectivity index (χ1n) is 9.69. The van der Waals surface area contributed by atoms with Gasteiger partial charge in [0, 0.05) is 11.4 Å². The summed E-state index contributed by atoms with van der Waals surface area (Å²) in [6.45, 7) is 1.77. The van der Waals surface area contributed by atoms with Crippen LogP contribution in [0.5, 0.6) is 0 Å². The Labute approximate surface area is 178 Å². The molecule has 0 aromatic heterocycles. The summed E-state index contributed by atoms with van der Waals surface area (Å²) in [5, 5.41) is 5.24. The Kier molecular flexibility index (Phi) is 5.86. The van der Waals surface area contributed by atoms with Crippen molar-refractivity contribution in [2.45, 2.75) is 18.6 Å². The highest BCUT2D eigenvalue weighted by Crippen LogP contribution is 2.37. The van der Waals surface area contributed by atoms with Gasteiger partial charge in [0.05, 0.1) is 11.0 Å². The summed E-state index contributed by atoms with van der Waals surface area (Å²) in [6.07, 6.45) is 0.912. The van der Waals surface area contributed by atoms with E-state index in [1.807, 2.05) is 24.3 Å². The molecule has 6 heteroatoms. The van der Waals surface area contributed by atoms with Gasteiger partial charge in [0.25, 0.3) is 0 Å². The molecule has 4 nitrogen and oxygen atoms in total. The van der Waals surface area contributed by atoms with E-state index >= 15 is 0 Å². The van der Waals surface area contributed by atoms with E-state index in [1.54, 1.807) is 6.92 Å². The lowest BCUT2D eigenvalue weighted by atomic mass is 10.1. The summed E-state index contributed by atoms with van der Waals surface area (Å²) in [5.41, 5.74) is 6.20. The quantitative estimate of drug-likeness (QED) is 0.456. The summed E-state index contributed by atoms with van der Waals surface area (Å²) >= 11 is 1.25. The van der Waals surface area contributed by atoms with Gasteiger partial charge in [0.1, 0.15) is 5.82 Å². The van der Waals surface area contributed by atoms with Crippen LogP contribution in [0.3, 0.4) is 0 Å². The molecule has 0 radical (unpaired) electrons. The number of hydrogen-bond acceptors (Lipinski definition) is 3. The lowest BCUT2D eigenvalue weighted by Crippen LogP contribution is -2.25. The maximum atomic E-state index is 12.9. The van der Waals surface area contributed by atoms with Crippen molar-refractivity contribution in [1.29, 1.82) is 0 Å². The van der Waals surface area contributed by atoms with Crippen molar-refractivity contribution in [2.24, 2.45) is 0 Å². The van der Waals surface area contributed by atoms with Crippen LogP contribution in [0.2, 0.25) is 0 Å². The van der Waals surface area contributed by atoms with Crippen LogP contribution < -0.4 is 10.6 Å². The third-order valence-electron chi connectivity index (χ3n) is 5.03. The fourth-order valence-electron chi connectivity index (χ4n) is 3.45. The van der Waals surface area contributed by atoms with E-state index in [1.165, 1.54) is 52.7 Å². The summed E-state index contributed by atoms with van der Waals surface area (Å²) in [4.78, 5) is 24.6. The van der Waals surface area contributed by atoms with Gasteiger partial charge in [-0.3, -0.25) is 9.59 Å². The van der Waals surface area contributed by atoms with Crippen molar-refractivity contribution in [3.8, 4) is 11.1 Å². The highest BCUT2D eigenvalue weighted by molar-refractivity contribution is 8.01. The summed E-state index contributed by atoms with van der Waals surface area (Å²) in [7, 11) is 0. The SMILES string of the molecule is C[C@H](SCC(=O)Nc1ccc(F)cc1)C(=O)Nc1ccc2c(c1)-c1ccccc1C2. The lowest BCUT2D eigenvalue weighted by Gasteiger charge is -2.13. The molecule has 0 bridgehead atoms. The maximum Gasteiger partial charge on any atom is 0.237 e. The zero-order valence-electron chi connectivity index (χ0n) is 16.4. The predicted molar refractivity (Wildman–Crippen MR) is 120 cm³/mol. The molecule has 0 unspecified atom stereocenters. The second-order valence-corrected chi connectivity index (χ2v) is 8.53. The zero-order chi connectivity index (χ0) is 21.1. The number of hydrogen-bond donors (Lipinski definition) is 2. The second kappa shape index (κ2) is 8.71. The van der Waals surface area contributed by atoms with Crippen LogP contribution in [0.15, 0.2) is 66.7 Å². The Morgan fingerprint density at radius 2 is 1.63 bits per heavy atom. The minimum atomic E-state index is -0.399. The average molecular weight is 421 g/mol. The Morgan fingerprint density at radius 3 is 2.43 bits per heavy atom. The summed E-state index contributed by atoms with van der Waals surface area (Å²) in [5.74, 6) is -0.618. The van der Waals surface area contributed by atoms with Gasteiger partial charge in [-0.1, -0.05) is 30.3 Å². The van der Waals surface area contributed by atoms with E-state index in [4.69, 9.17) is 0 Å². The topological polar surface area (TPSA) is 58.2 Å². The van der Waals surface area contributed by atoms with E-state index in [9.17, 15) is 14.0 Å². The van der Waals surface area contributed by atoms with Crippen molar-refractivity contribution in [1.82, 2.24) is 0 Å². The number of carbonyl (C=O) groups is 2. The normalized spacial score (nSPS) is 12.6. The molecule has 1 aliphatic carbocycles. The van der Waals surface area contributed by atoms with Crippen LogP contribution in [0.25, 0.3) is 11.1 Å². The molecule has 4 rings (SSSR count). The molecule has 3 aromatic rings. The number of benzene rings is 3. The predicted octanol–water partition coefficient (Wildman–Crippen LogP) is 5.10. The van der Waals surface area contributed by atoms with Gasteiger partial charge in [-0.15, -0.1) is 11.8 Å². The van der Waals surface area contributed by atoms with Crippen molar-refractivity contribution < 1.29 is 14.0 Å². The number of fused-ring (bicyclic) bond motifs is 3. The Hall–Kier alpha value is -3.12. The van der Waals surface area contributed by atoms with Crippen molar-refractivity contribution in [3.05, 3.63) is 83.7 Å². The zero-order valence-corrected chi connectivity index (χ0v) is 17.3. The van der Waals surface area contributed by atoms with Gasteiger partial charge < -0.3 is 10.6 Å². The molecule has 2 N–H and O–H groups in total. The highest BCUT2D eigenvalue weighted by atomic mass is 32.2. The first kappa shape index (κ1) is 20.2. The second-order valence-electron chi connectivity index (χ2n) is 7.20. The van der Waals surface area contributed by atoms with E-state index in [0.29, 0.717) is 5.69 Å². The minimum absolute atomic E-state index is 0.128. The molecule has 0 saturated heterocycles. The van der Waals surface area contributed by atoms with Crippen LogP contribution in [-0.2, 0) is 16.0 Å². The number of thioether (sulfide) groups is 1. The van der Waals surface area contributed by atoms with Crippen molar-refractivity contribution in [3.63, 3.8) is 0 Å². The Balaban J connectivity index is 1.32. The molecule has 0 heterocycles. The summed E-state index contributed by atoms with van der Waals surface area (Å²) < 4.78 is 12.9. The fourth-order valence-corrected chi connectivity index (χ4v) is 4.14. The van der Waals surface area contributed by atoms with Gasteiger partial charge >= 0.3 is 0 Å². The van der Waals surface area contributed by atoms with Crippen molar-refractivity contribution >= 4 is 35.0 Å². The number of halogens is 1. The van der Waals surface area contributed by atoms with E-state index in [-0.39, 0.29) is 23.4 Å². The molecule has 3 aromatic carbocycles. The molecule has 152 valence electrons. The van der Waals surface area contributed by atoms with E-state index in [2.05, 4.69) is 28.8 Å². The van der Waals surface area contributed by atoms with Crippen LogP contribution in [0.1, 0.15) is 18.1 Å². The van der Waals surface area contributed by atoms with Gasteiger partial charge in [-0.25, -0.2) is 4.39 Å². The first-order valence-corrected chi connectivity index (χ1v) is 10.7. The van der Waals surface area contributed by atoms with E-state index in [0.717, 1.165) is 17.7 Å². The standard InChI is InChI=1S/C24H21FN2O2S/c1-15(30-14-23(28)26-19-10-7-18(25)8-11-19)24(29)27-20-9-6-17-12-16-4-2-3-5-21(16)22(17)13-20/h2-11,13,15H,12,14H2,1H3,(H,26,28)(H,27,29)/t15-/m0/s1. The van der Waals surface area contributed by atoms with Crippen LogP contribution in [0, 0.1) is 5.82 Å². The molecule has 0 fully saturated rings. The van der Waals surface area contributed by atoms with Crippen LogP contribution in [-0.4, -0.2) is 22.8 Å². The maximum absolute atomic E-state index is 12.9. The van der Waals surface area contributed by atoms with Gasteiger partial charge in [-0.2, -0.15) is 0 Å². The molecular weight excluding hydrogens is 399 g/mol. The minimum Gasteiger partial charge on any atom is -0.325 e. The molecule has 0 saturated carbocycles. The molecule has 30 heavy (non-hydrogen) atoms. The number of amides is 2. The van der Waals surface area contributed by atoms with Crippen LogP contribution >= 0.6 is 11.8 Å². The molecular formula is C24H21FN2O2S. The molecule has 0 spiro atoms. The third-order valence-corrected chi connectivity index (χ3v) is 6.17. The molecule has 1 aliphatic rings. The van der Waals surface area contributed by atoms with Crippen molar-refractivity contribution in [2.75, 3.05) is 16.4 Å². The number of nitrogens with one attached hydrogen (secondary N) is 2. The van der Waals surface area contributed by atoms with Crippen LogP contribution in [0.4, 0.5) is 15.8 Å². The first-order chi connectivity index (χ1) is 14.5. The molecule has 2 amide bonds. The fraction of sp³-hybridized carbons (Fsp3) is 0.167. The highest BCUT2D eigenvalue weighted by Gasteiger charge is 2.20. The van der Waals surface area contributed by atoms with Gasteiger partial charge in [0.2, 0.25) is 11.8 Å². The molecule has 1 atom stereocenters. The largest absolute Gasteiger partial charge is 0.325 e. The smallest absolute Gasteiger partial charge is 0.237 e. The molecule has 0 aliphatic heterocycles. The third kappa shape index (κ3) is 4.54. The summed E-state index contributed by atoms with van der Waals surface area (Å²) in [6, 6.07) is 19.8. The monoisotopic (exact) mass is 420 g/mol. The van der Waals surface area contributed by atoms with Gasteiger partial charge in [0.15, 0.2) is 0 Å². The Bertz CT molecular complexity index is 1100.